The number of carbonyl (C=O) groups excluding carboxylic acids is 1. The Bertz CT molecular complexity index is 1320. The molecule has 0 saturated carbocycles. The van der Waals surface area contributed by atoms with E-state index in [0.717, 1.165) is 22.5 Å². The van der Waals surface area contributed by atoms with Crippen molar-refractivity contribution in [2.75, 3.05) is 16.4 Å². The summed E-state index contributed by atoms with van der Waals surface area (Å²) >= 11 is 0. The van der Waals surface area contributed by atoms with Crippen LogP contribution >= 0.6 is 0 Å². The second kappa shape index (κ2) is 9.51. The molecule has 0 spiro atoms. The molecule has 0 unspecified atom stereocenters. The van der Waals surface area contributed by atoms with E-state index in [0.29, 0.717) is 17.9 Å². The van der Waals surface area contributed by atoms with Crippen LogP contribution in [0, 0.1) is 11.3 Å². The molecule has 5 rings (SSSR count). The van der Waals surface area contributed by atoms with E-state index in [1.165, 1.54) is 0 Å². The topological polar surface area (TPSA) is 56.6 Å². The van der Waals surface area contributed by atoms with Gasteiger partial charge in [-0.15, -0.1) is 0 Å². The first-order chi connectivity index (χ1) is 16.8. The van der Waals surface area contributed by atoms with Gasteiger partial charge in [0.1, 0.15) is 18.0 Å². The van der Waals surface area contributed by atoms with Crippen molar-refractivity contribution in [3.8, 4) is 11.8 Å². The third-order valence-corrected chi connectivity index (χ3v) is 5.91. The Morgan fingerprint density at radius 1 is 0.794 bits per heavy atom. The Morgan fingerprint density at radius 3 is 2.15 bits per heavy atom. The third-order valence-electron chi connectivity index (χ3n) is 5.91. The van der Waals surface area contributed by atoms with Crippen molar-refractivity contribution in [3.05, 3.63) is 126 Å². The number of fused-ring (bicyclic) bond motifs is 1. The molecule has 0 fully saturated rings. The van der Waals surface area contributed by atoms with E-state index in [-0.39, 0.29) is 18.7 Å². The van der Waals surface area contributed by atoms with Crippen LogP contribution in [0.5, 0.6) is 5.75 Å². The van der Waals surface area contributed by atoms with Gasteiger partial charge in [0.15, 0.2) is 6.61 Å². The van der Waals surface area contributed by atoms with Crippen LogP contribution in [-0.4, -0.2) is 12.5 Å². The lowest BCUT2D eigenvalue weighted by atomic mass is 9.99. The Labute approximate surface area is 199 Å². The molecule has 0 N–H and O–H groups in total. The van der Waals surface area contributed by atoms with Gasteiger partial charge in [-0.25, -0.2) is 0 Å². The highest BCUT2D eigenvalue weighted by Crippen LogP contribution is 2.42. The molecule has 0 radical (unpaired) electrons. The van der Waals surface area contributed by atoms with Crippen molar-refractivity contribution < 1.29 is 9.53 Å². The minimum absolute atomic E-state index is 0.00902. The van der Waals surface area contributed by atoms with Gasteiger partial charge in [-0.2, -0.15) is 5.26 Å². The summed E-state index contributed by atoms with van der Waals surface area (Å²) in [4.78, 5) is 18.0. The van der Waals surface area contributed by atoms with Crippen LogP contribution in [0.4, 0.5) is 11.4 Å². The fraction of sp³-hybridized carbons (Fsp3) is 0.103. The summed E-state index contributed by atoms with van der Waals surface area (Å²) in [5.74, 6) is 0.578. The molecule has 4 aromatic carbocycles. The van der Waals surface area contributed by atoms with Crippen molar-refractivity contribution in [2.45, 2.75) is 12.7 Å². The minimum atomic E-state index is -0.366. The van der Waals surface area contributed by atoms with Crippen LogP contribution in [0.1, 0.15) is 27.7 Å². The van der Waals surface area contributed by atoms with Crippen molar-refractivity contribution in [1.82, 2.24) is 0 Å². The molecule has 1 amide bonds. The highest BCUT2D eigenvalue weighted by Gasteiger charge is 2.39. The number of ether oxygens (including phenoxy) is 1. The third kappa shape index (κ3) is 4.10. The monoisotopic (exact) mass is 445 g/mol. The van der Waals surface area contributed by atoms with Crippen molar-refractivity contribution in [1.29, 1.82) is 5.26 Å². The van der Waals surface area contributed by atoms with E-state index >= 15 is 0 Å². The van der Waals surface area contributed by atoms with Gasteiger partial charge in [0.05, 0.1) is 11.3 Å². The SMILES string of the molecule is N#CCOc1ccc([C@H]2N(Cc3ccccc3)c3ccccc3C(=O)N2c2ccccc2)cc1. The predicted octanol–water partition coefficient (Wildman–Crippen LogP) is 5.95. The normalized spacial score (nSPS) is 14.9. The number of amides is 1. The highest BCUT2D eigenvalue weighted by molar-refractivity contribution is 6.12. The van der Waals surface area contributed by atoms with Gasteiger partial charge >= 0.3 is 0 Å². The fourth-order valence-corrected chi connectivity index (χ4v) is 4.40. The number of rotatable bonds is 6. The summed E-state index contributed by atoms with van der Waals surface area (Å²) in [5, 5.41) is 8.82. The molecule has 4 aromatic rings. The number of benzene rings is 4. The number of nitrogens with zero attached hydrogens (tertiary/aromatic N) is 3. The standard InChI is InChI=1S/C29H23N3O2/c30-19-20-34-25-17-15-23(16-18-25)28-31(21-22-9-3-1-4-10-22)27-14-8-7-13-26(27)29(33)32(28)24-11-5-2-6-12-24/h1-18,28H,20-21H2/t28-/m0/s1. The van der Waals surface area contributed by atoms with E-state index in [9.17, 15) is 4.79 Å². The van der Waals surface area contributed by atoms with E-state index in [4.69, 9.17) is 10.00 Å². The zero-order chi connectivity index (χ0) is 23.3. The van der Waals surface area contributed by atoms with Gasteiger partial charge in [-0.3, -0.25) is 9.69 Å². The Balaban J connectivity index is 1.66. The number of para-hydroxylation sites is 2. The van der Waals surface area contributed by atoms with Gasteiger partial charge in [0.25, 0.3) is 5.91 Å². The molecule has 0 aliphatic carbocycles. The lowest BCUT2D eigenvalue weighted by molar-refractivity contribution is 0.0968. The van der Waals surface area contributed by atoms with Crippen molar-refractivity contribution >= 4 is 17.3 Å². The summed E-state index contributed by atoms with van der Waals surface area (Å²) < 4.78 is 5.45. The van der Waals surface area contributed by atoms with Gasteiger partial charge in [0.2, 0.25) is 0 Å². The van der Waals surface area contributed by atoms with E-state index < -0.39 is 0 Å². The second-order valence-electron chi connectivity index (χ2n) is 8.03. The molecule has 0 saturated heterocycles. The first-order valence-corrected chi connectivity index (χ1v) is 11.1. The molecule has 5 heteroatoms. The zero-order valence-corrected chi connectivity index (χ0v) is 18.5. The van der Waals surface area contributed by atoms with Crippen LogP contribution in [0.2, 0.25) is 0 Å². The second-order valence-corrected chi connectivity index (χ2v) is 8.03. The van der Waals surface area contributed by atoms with E-state index in [1.54, 1.807) is 0 Å². The molecule has 1 aliphatic heterocycles. The van der Waals surface area contributed by atoms with Gasteiger partial charge < -0.3 is 9.64 Å². The maximum absolute atomic E-state index is 13.8. The molecular formula is C29H23N3O2. The van der Waals surface area contributed by atoms with Gasteiger partial charge in [-0.1, -0.05) is 72.8 Å². The Morgan fingerprint density at radius 2 is 1.44 bits per heavy atom. The van der Waals surface area contributed by atoms with Crippen LogP contribution < -0.4 is 14.5 Å². The lowest BCUT2D eigenvalue weighted by Gasteiger charge is -2.46. The molecule has 1 heterocycles. The average Bonchev–Trinajstić information content (AvgIpc) is 2.90. The summed E-state index contributed by atoms with van der Waals surface area (Å²) in [6.45, 7) is 0.622. The average molecular weight is 446 g/mol. The number of hydrogen-bond acceptors (Lipinski definition) is 4. The van der Waals surface area contributed by atoms with Crippen molar-refractivity contribution in [3.63, 3.8) is 0 Å². The molecule has 1 atom stereocenters. The van der Waals surface area contributed by atoms with Crippen LogP contribution in [0.25, 0.3) is 0 Å². The zero-order valence-electron chi connectivity index (χ0n) is 18.5. The van der Waals surface area contributed by atoms with Crippen LogP contribution in [-0.2, 0) is 6.54 Å². The number of nitriles is 1. The first-order valence-electron chi connectivity index (χ1n) is 11.1. The number of anilines is 2. The maximum Gasteiger partial charge on any atom is 0.262 e. The van der Waals surface area contributed by atoms with Crippen molar-refractivity contribution in [2.24, 2.45) is 0 Å². The Hall–Kier alpha value is -4.56. The van der Waals surface area contributed by atoms with Gasteiger partial charge in [0, 0.05) is 12.2 Å². The fourth-order valence-electron chi connectivity index (χ4n) is 4.40. The van der Waals surface area contributed by atoms with E-state index in [1.807, 2.05) is 108 Å². The molecular weight excluding hydrogens is 422 g/mol. The largest absolute Gasteiger partial charge is 0.479 e. The lowest BCUT2D eigenvalue weighted by Crippen LogP contribution is -2.49. The minimum Gasteiger partial charge on any atom is -0.479 e. The summed E-state index contributed by atoms with van der Waals surface area (Å²) in [5.41, 5.74) is 4.51. The summed E-state index contributed by atoms with van der Waals surface area (Å²) in [6, 6.07) is 37.4. The highest BCUT2D eigenvalue weighted by atomic mass is 16.5. The molecule has 1 aliphatic rings. The smallest absolute Gasteiger partial charge is 0.262 e. The molecule has 0 aromatic heterocycles. The molecule has 0 bridgehead atoms. The number of carbonyl (C=O) groups is 1. The van der Waals surface area contributed by atoms with Crippen LogP contribution in [0.3, 0.4) is 0 Å². The molecule has 5 nitrogen and oxygen atoms in total. The quantitative estimate of drug-likeness (QED) is 0.368. The van der Waals surface area contributed by atoms with E-state index in [2.05, 4.69) is 17.0 Å². The Kier molecular flexibility index (Phi) is 5.96. The predicted molar refractivity (Wildman–Crippen MR) is 133 cm³/mol. The van der Waals surface area contributed by atoms with Gasteiger partial charge in [-0.05, 0) is 47.5 Å². The number of hydrogen-bond donors (Lipinski definition) is 0. The molecule has 34 heavy (non-hydrogen) atoms. The maximum atomic E-state index is 13.8. The van der Waals surface area contributed by atoms with Crippen LogP contribution in [0.15, 0.2) is 109 Å². The first kappa shape index (κ1) is 21.3. The summed E-state index contributed by atoms with van der Waals surface area (Å²) in [6.07, 6.45) is -0.366. The molecule has 166 valence electrons. The summed E-state index contributed by atoms with van der Waals surface area (Å²) in [7, 11) is 0.